The van der Waals surface area contributed by atoms with Crippen LogP contribution in [0.25, 0.3) is 0 Å². The van der Waals surface area contributed by atoms with E-state index in [1.165, 1.54) is 31.4 Å². The second-order valence-corrected chi connectivity index (χ2v) is 7.89. The number of hydrogen-bond acceptors (Lipinski definition) is 2. The normalized spacial score (nSPS) is 20.2. The van der Waals surface area contributed by atoms with E-state index in [2.05, 4.69) is 20.8 Å². The topological polar surface area (TPSA) is 33.1 Å². The highest BCUT2D eigenvalue weighted by molar-refractivity contribution is 6.51. The summed E-state index contributed by atoms with van der Waals surface area (Å²) < 4.78 is 5.66. The van der Waals surface area contributed by atoms with Crippen LogP contribution in [0.2, 0.25) is 12.1 Å². The van der Waals surface area contributed by atoms with E-state index in [1.807, 2.05) is 6.92 Å². The van der Waals surface area contributed by atoms with Gasteiger partial charge in [0.1, 0.15) is 0 Å². The quantitative estimate of drug-likeness (QED) is 0.587. The molecule has 1 atom stereocenters. The van der Waals surface area contributed by atoms with Crippen LogP contribution in [0.3, 0.4) is 0 Å². The van der Waals surface area contributed by atoms with Gasteiger partial charge < -0.3 is 9.84 Å². The first-order valence-electron chi connectivity index (χ1n) is 6.71. The van der Waals surface area contributed by atoms with Crippen LogP contribution in [0.1, 0.15) is 53.4 Å². The Balaban J connectivity index is 0.000000293. The van der Waals surface area contributed by atoms with Gasteiger partial charge in [0.15, 0.2) is 9.04 Å². The van der Waals surface area contributed by atoms with Crippen LogP contribution in [0.4, 0.5) is 0 Å². The highest BCUT2D eigenvalue weighted by Crippen LogP contribution is 2.14. The predicted molar refractivity (Wildman–Crippen MR) is 75.1 cm³/mol. The van der Waals surface area contributed by atoms with E-state index < -0.39 is 9.04 Å². The van der Waals surface area contributed by atoms with Gasteiger partial charge >= 0.3 is 0 Å². The van der Waals surface area contributed by atoms with Crippen molar-refractivity contribution in [2.45, 2.75) is 65.5 Å². The van der Waals surface area contributed by atoms with Crippen LogP contribution in [0, 0.1) is 11.3 Å². The molecule has 0 aliphatic carbocycles. The van der Waals surface area contributed by atoms with Gasteiger partial charge in [-0.25, -0.2) is 0 Å². The Kier molecular flexibility index (Phi) is 9.93. The van der Waals surface area contributed by atoms with Gasteiger partial charge in [0.25, 0.3) is 0 Å². The summed E-state index contributed by atoms with van der Waals surface area (Å²) in [5, 5.41) is 7.02. The zero-order valence-corrected chi connectivity index (χ0v) is 12.7. The van der Waals surface area contributed by atoms with Crippen molar-refractivity contribution in [2.75, 3.05) is 6.61 Å². The summed E-state index contributed by atoms with van der Waals surface area (Å²) in [6.45, 7) is 9.41. The lowest BCUT2D eigenvalue weighted by Gasteiger charge is -2.19. The van der Waals surface area contributed by atoms with Crippen molar-refractivity contribution in [3.05, 3.63) is 0 Å². The summed E-state index contributed by atoms with van der Waals surface area (Å²) in [5.74, 6) is 0.650. The Morgan fingerprint density at radius 3 is 2.38 bits per heavy atom. The summed E-state index contributed by atoms with van der Waals surface area (Å²) in [4.78, 5) is 0. The smallest absolute Gasteiger partial charge is 0.176 e. The fourth-order valence-corrected chi connectivity index (χ4v) is 4.48. The molecule has 0 saturated carbocycles. The Labute approximate surface area is 103 Å². The van der Waals surface area contributed by atoms with Gasteiger partial charge in [-0.3, -0.25) is 0 Å². The predicted octanol–water partition coefficient (Wildman–Crippen LogP) is 4.00. The fraction of sp³-hybridized carbons (Fsp3) is 0.923. The second kappa shape index (κ2) is 10.0. The molecular weight excluding hydrogens is 214 g/mol. The van der Waals surface area contributed by atoms with Crippen molar-refractivity contribution in [3.63, 3.8) is 0 Å². The van der Waals surface area contributed by atoms with E-state index in [-0.39, 0.29) is 0 Å². The van der Waals surface area contributed by atoms with E-state index in [4.69, 9.17) is 9.84 Å². The summed E-state index contributed by atoms with van der Waals surface area (Å²) in [7, 11) is -0.626. The van der Waals surface area contributed by atoms with Crippen LogP contribution in [0.15, 0.2) is 0 Å². The molecule has 3 heteroatoms. The van der Waals surface area contributed by atoms with Gasteiger partial charge in [0.2, 0.25) is 0 Å². The maximum absolute atomic E-state index is 7.02. The molecule has 1 fully saturated rings. The lowest BCUT2D eigenvalue weighted by Crippen LogP contribution is -2.22. The minimum absolute atomic E-state index is 0.626. The lowest BCUT2D eigenvalue weighted by atomic mass is 10.1. The first-order valence-corrected chi connectivity index (χ1v) is 8.82. The SMILES string of the molecule is CC(=N)CC(C)C.CCC[SiH]1CCCCO1. The van der Waals surface area contributed by atoms with Crippen LogP contribution in [-0.4, -0.2) is 21.4 Å². The Hall–Kier alpha value is -0.153. The van der Waals surface area contributed by atoms with Crippen LogP contribution < -0.4 is 0 Å². The average molecular weight is 243 g/mol. The number of rotatable bonds is 4. The Morgan fingerprint density at radius 2 is 2.06 bits per heavy atom. The van der Waals surface area contributed by atoms with Crippen LogP contribution in [0.5, 0.6) is 0 Å². The summed E-state index contributed by atoms with van der Waals surface area (Å²) in [6.07, 6.45) is 5.03. The molecule has 1 unspecified atom stereocenters. The third-order valence-corrected chi connectivity index (χ3v) is 5.58. The summed E-state index contributed by atoms with van der Waals surface area (Å²) in [5.41, 5.74) is 0.787. The molecule has 0 spiro atoms. The first kappa shape index (κ1) is 15.8. The monoisotopic (exact) mass is 243 g/mol. The van der Waals surface area contributed by atoms with Crippen molar-refractivity contribution in [1.29, 1.82) is 5.41 Å². The van der Waals surface area contributed by atoms with Gasteiger partial charge in [-0.1, -0.05) is 33.6 Å². The van der Waals surface area contributed by atoms with Crippen molar-refractivity contribution in [1.82, 2.24) is 0 Å². The van der Waals surface area contributed by atoms with Crippen LogP contribution >= 0.6 is 0 Å². The number of hydrogen-bond donors (Lipinski definition) is 1. The maximum atomic E-state index is 7.02. The number of nitrogens with one attached hydrogen (secondary N) is 1. The van der Waals surface area contributed by atoms with Crippen molar-refractivity contribution in [2.24, 2.45) is 5.92 Å². The molecule has 1 rings (SSSR count). The molecule has 0 bridgehead atoms. The lowest BCUT2D eigenvalue weighted by molar-refractivity contribution is 0.286. The molecule has 0 aromatic heterocycles. The van der Waals surface area contributed by atoms with E-state index in [0.717, 1.165) is 18.7 Å². The van der Waals surface area contributed by atoms with E-state index in [0.29, 0.717) is 5.92 Å². The Bertz CT molecular complexity index is 174. The zero-order valence-electron chi connectivity index (χ0n) is 11.5. The van der Waals surface area contributed by atoms with Crippen molar-refractivity contribution >= 4 is 14.8 Å². The van der Waals surface area contributed by atoms with E-state index >= 15 is 0 Å². The molecule has 2 nitrogen and oxygen atoms in total. The largest absolute Gasteiger partial charge is 0.420 e. The third-order valence-electron chi connectivity index (χ3n) is 2.60. The third kappa shape index (κ3) is 10.4. The minimum Gasteiger partial charge on any atom is -0.420 e. The molecule has 0 amide bonds. The molecule has 0 aromatic carbocycles. The molecule has 1 aliphatic heterocycles. The molecule has 1 aliphatic rings. The van der Waals surface area contributed by atoms with E-state index in [1.54, 1.807) is 0 Å². The molecule has 1 heterocycles. The van der Waals surface area contributed by atoms with Gasteiger partial charge in [-0.05, 0) is 37.8 Å². The van der Waals surface area contributed by atoms with Gasteiger partial charge in [0.05, 0.1) is 0 Å². The van der Waals surface area contributed by atoms with E-state index in [9.17, 15) is 0 Å². The van der Waals surface area contributed by atoms with Gasteiger partial charge in [-0.15, -0.1) is 0 Å². The van der Waals surface area contributed by atoms with Crippen LogP contribution in [-0.2, 0) is 4.43 Å². The average Bonchev–Trinajstić information content (AvgIpc) is 2.18. The molecule has 96 valence electrons. The molecule has 1 N–H and O–H groups in total. The summed E-state index contributed by atoms with van der Waals surface area (Å²) in [6, 6.07) is 2.84. The Morgan fingerprint density at radius 1 is 1.38 bits per heavy atom. The summed E-state index contributed by atoms with van der Waals surface area (Å²) >= 11 is 0. The maximum Gasteiger partial charge on any atom is 0.176 e. The zero-order chi connectivity index (χ0) is 12.4. The fourth-order valence-electron chi connectivity index (χ4n) is 1.97. The standard InChI is InChI=1S/C7H16OSi.C6H13N/c1-2-6-9-7-4-3-5-8-9;1-5(2)4-6(3)7/h9H,2-7H2,1H3;5,7H,4H2,1-3H3. The molecule has 0 aromatic rings. The second-order valence-electron chi connectivity index (χ2n) is 5.16. The molecular formula is C13H29NOSi. The van der Waals surface area contributed by atoms with Gasteiger partial charge in [-0.2, -0.15) is 0 Å². The highest BCUT2D eigenvalue weighted by atomic mass is 28.3. The minimum atomic E-state index is -0.626. The molecule has 0 radical (unpaired) electrons. The van der Waals surface area contributed by atoms with Crippen molar-refractivity contribution < 1.29 is 4.43 Å². The molecule has 16 heavy (non-hydrogen) atoms. The first-order chi connectivity index (χ1) is 7.56. The highest BCUT2D eigenvalue weighted by Gasteiger charge is 2.13. The van der Waals surface area contributed by atoms with Crippen molar-refractivity contribution in [3.8, 4) is 0 Å². The van der Waals surface area contributed by atoms with Gasteiger partial charge in [0, 0.05) is 12.3 Å². The molecule has 1 saturated heterocycles.